The van der Waals surface area contributed by atoms with Gasteiger partial charge in [0.25, 0.3) is 10.0 Å². The zero-order chi connectivity index (χ0) is 18.7. The number of hydrogen-bond donors (Lipinski definition) is 2. The Balaban J connectivity index is 1.91. The third-order valence-corrected chi connectivity index (χ3v) is 5.35. The molecule has 0 heterocycles. The topological polar surface area (TPSA) is 81.4 Å². The number of hydrogen-bond acceptors (Lipinski definition) is 4. The first-order valence-corrected chi connectivity index (χ1v) is 9.69. The van der Waals surface area contributed by atoms with Crippen LogP contribution in [0.25, 0.3) is 0 Å². The van der Waals surface area contributed by atoms with Gasteiger partial charge in [0.1, 0.15) is 5.75 Å². The molecule has 0 saturated carbocycles. The van der Waals surface area contributed by atoms with Crippen LogP contribution in [0.1, 0.15) is 0 Å². The minimum absolute atomic E-state index is 0.0889. The standard InChI is InChI=1S/C18H14Cl2N2O3S/c19-12-5-10-17(15(20)11-12)25-18-4-2-1-3-16(18)22-26(23,24)14-8-6-13(21)7-9-14/h1-11,22H,21H2. The van der Waals surface area contributed by atoms with Crippen molar-refractivity contribution < 1.29 is 13.2 Å². The number of sulfonamides is 1. The van der Waals surface area contributed by atoms with Crippen molar-refractivity contribution in [3.8, 4) is 11.5 Å². The Labute approximate surface area is 161 Å². The van der Waals surface area contributed by atoms with Crippen LogP contribution in [0.4, 0.5) is 11.4 Å². The van der Waals surface area contributed by atoms with E-state index in [2.05, 4.69) is 4.72 Å². The van der Waals surface area contributed by atoms with Crippen LogP contribution >= 0.6 is 23.2 Å². The molecule has 5 nitrogen and oxygen atoms in total. The van der Waals surface area contributed by atoms with E-state index < -0.39 is 10.0 Å². The Morgan fingerprint density at radius 1 is 0.885 bits per heavy atom. The first-order chi connectivity index (χ1) is 12.3. The lowest BCUT2D eigenvalue weighted by Gasteiger charge is -2.14. The second-order valence-corrected chi connectivity index (χ2v) is 7.87. The highest BCUT2D eigenvalue weighted by Gasteiger charge is 2.17. The number of para-hydroxylation sites is 2. The monoisotopic (exact) mass is 408 g/mol. The van der Waals surface area contributed by atoms with Crippen LogP contribution in [0.3, 0.4) is 0 Å². The summed E-state index contributed by atoms with van der Waals surface area (Å²) in [6.07, 6.45) is 0. The average Bonchev–Trinajstić information content (AvgIpc) is 2.59. The number of ether oxygens (including phenoxy) is 1. The van der Waals surface area contributed by atoms with Crippen LogP contribution in [0.5, 0.6) is 11.5 Å². The van der Waals surface area contributed by atoms with Crippen LogP contribution in [0, 0.1) is 0 Å². The first-order valence-electron chi connectivity index (χ1n) is 7.45. The molecular weight excluding hydrogens is 395 g/mol. The Morgan fingerprint density at radius 3 is 2.27 bits per heavy atom. The Hall–Kier alpha value is -2.41. The summed E-state index contributed by atoms with van der Waals surface area (Å²) in [5, 5.41) is 0.786. The third kappa shape index (κ3) is 4.22. The number of nitrogens with two attached hydrogens (primary N) is 1. The molecule has 3 N–H and O–H groups in total. The molecule has 0 aliphatic rings. The molecule has 0 aliphatic heterocycles. The van der Waals surface area contributed by atoms with Gasteiger partial charge in [0.15, 0.2) is 5.75 Å². The van der Waals surface area contributed by atoms with Crippen LogP contribution in [0.15, 0.2) is 71.6 Å². The van der Waals surface area contributed by atoms with E-state index in [4.69, 9.17) is 33.7 Å². The predicted octanol–water partition coefficient (Wildman–Crippen LogP) is 5.17. The molecule has 0 unspecified atom stereocenters. The SMILES string of the molecule is Nc1ccc(S(=O)(=O)Nc2ccccc2Oc2ccc(Cl)cc2Cl)cc1. The predicted molar refractivity (Wildman–Crippen MR) is 105 cm³/mol. The molecule has 134 valence electrons. The van der Waals surface area contributed by atoms with Gasteiger partial charge in [0, 0.05) is 10.7 Å². The number of nitrogen functional groups attached to an aromatic ring is 1. The molecule has 0 aliphatic carbocycles. The van der Waals surface area contributed by atoms with E-state index in [1.54, 1.807) is 42.5 Å². The minimum Gasteiger partial charge on any atom is -0.454 e. The molecule has 0 bridgehead atoms. The first kappa shape index (κ1) is 18.4. The highest BCUT2D eigenvalue weighted by atomic mass is 35.5. The van der Waals surface area contributed by atoms with Crippen molar-refractivity contribution in [3.05, 3.63) is 76.8 Å². The molecule has 0 aromatic heterocycles. The number of nitrogens with one attached hydrogen (secondary N) is 1. The lowest BCUT2D eigenvalue weighted by Crippen LogP contribution is -2.13. The molecule has 0 fully saturated rings. The van der Waals surface area contributed by atoms with Crippen molar-refractivity contribution in [2.75, 3.05) is 10.5 Å². The van der Waals surface area contributed by atoms with Crippen molar-refractivity contribution in [1.82, 2.24) is 0 Å². The Morgan fingerprint density at radius 2 is 1.58 bits per heavy atom. The van der Waals surface area contributed by atoms with Crippen molar-refractivity contribution in [1.29, 1.82) is 0 Å². The Bertz CT molecular complexity index is 1040. The van der Waals surface area contributed by atoms with Crippen LogP contribution in [-0.4, -0.2) is 8.42 Å². The fourth-order valence-electron chi connectivity index (χ4n) is 2.17. The Kier molecular flexibility index (Phi) is 5.27. The van der Waals surface area contributed by atoms with Gasteiger partial charge in [-0.25, -0.2) is 8.42 Å². The van der Waals surface area contributed by atoms with Gasteiger partial charge in [-0.3, -0.25) is 4.72 Å². The molecule has 0 amide bonds. The summed E-state index contributed by atoms with van der Waals surface area (Å²) < 4.78 is 33.4. The van der Waals surface area contributed by atoms with Gasteiger partial charge in [0.2, 0.25) is 0 Å². The average molecular weight is 409 g/mol. The molecule has 0 spiro atoms. The number of rotatable bonds is 5. The smallest absolute Gasteiger partial charge is 0.262 e. The normalized spacial score (nSPS) is 11.2. The molecule has 3 rings (SSSR count). The molecule has 26 heavy (non-hydrogen) atoms. The molecule has 0 atom stereocenters. The van der Waals surface area contributed by atoms with E-state index in [0.29, 0.717) is 27.2 Å². The molecule has 3 aromatic rings. The summed E-state index contributed by atoms with van der Waals surface area (Å²) in [7, 11) is -3.80. The van der Waals surface area contributed by atoms with Gasteiger partial charge in [-0.05, 0) is 54.6 Å². The fourth-order valence-corrected chi connectivity index (χ4v) is 3.68. The largest absolute Gasteiger partial charge is 0.454 e. The number of anilines is 2. The van der Waals surface area contributed by atoms with Crippen molar-refractivity contribution >= 4 is 44.6 Å². The van der Waals surface area contributed by atoms with E-state index in [0.717, 1.165) is 0 Å². The number of halogens is 2. The maximum absolute atomic E-state index is 12.6. The maximum atomic E-state index is 12.6. The van der Waals surface area contributed by atoms with Crippen LogP contribution in [-0.2, 0) is 10.0 Å². The molecule has 0 radical (unpaired) electrons. The summed E-state index contributed by atoms with van der Waals surface area (Å²) in [6, 6.07) is 17.3. The number of benzene rings is 3. The lowest BCUT2D eigenvalue weighted by atomic mass is 10.3. The third-order valence-electron chi connectivity index (χ3n) is 3.44. The zero-order valence-corrected chi connectivity index (χ0v) is 15.6. The van der Waals surface area contributed by atoms with E-state index >= 15 is 0 Å². The minimum atomic E-state index is -3.80. The van der Waals surface area contributed by atoms with Gasteiger partial charge >= 0.3 is 0 Å². The van der Waals surface area contributed by atoms with Gasteiger partial charge in [-0.1, -0.05) is 35.3 Å². The molecule has 8 heteroatoms. The molecule has 0 saturated heterocycles. The van der Waals surface area contributed by atoms with Crippen molar-refractivity contribution in [2.24, 2.45) is 0 Å². The van der Waals surface area contributed by atoms with Crippen molar-refractivity contribution in [3.63, 3.8) is 0 Å². The summed E-state index contributed by atoms with van der Waals surface area (Å²) in [5.74, 6) is 0.658. The molecule has 3 aromatic carbocycles. The fraction of sp³-hybridized carbons (Fsp3) is 0. The highest BCUT2D eigenvalue weighted by molar-refractivity contribution is 7.92. The maximum Gasteiger partial charge on any atom is 0.262 e. The second kappa shape index (κ2) is 7.45. The quantitative estimate of drug-likeness (QED) is 0.570. The van der Waals surface area contributed by atoms with Gasteiger partial charge in [0.05, 0.1) is 15.6 Å². The van der Waals surface area contributed by atoms with Crippen LogP contribution < -0.4 is 15.2 Å². The van der Waals surface area contributed by atoms with E-state index in [9.17, 15) is 8.42 Å². The highest BCUT2D eigenvalue weighted by Crippen LogP contribution is 2.35. The summed E-state index contributed by atoms with van der Waals surface area (Å²) in [4.78, 5) is 0.0889. The van der Waals surface area contributed by atoms with Gasteiger partial charge in [-0.15, -0.1) is 0 Å². The van der Waals surface area contributed by atoms with E-state index in [1.165, 1.54) is 24.3 Å². The van der Waals surface area contributed by atoms with Gasteiger partial charge < -0.3 is 10.5 Å². The zero-order valence-electron chi connectivity index (χ0n) is 13.3. The van der Waals surface area contributed by atoms with E-state index in [-0.39, 0.29) is 10.6 Å². The lowest BCUT2D eigenvalue weighted by molar-refractivity contribution is 0.485. The summed E-state index contributed by atoms with van der Waals surface area (Å²) in [5.41, 5.74) is 6.35. The van der Waals surface area contributed by atoms with Crippen LogP contribution in [0.2, 0.25) is 10.0 Å². The second-order valence-electron chi connectivity index (χ2n) is 5.35. The molecular formula is C18H14Cl2N2O3S. The van der Waals surface area contributed by atoms with Gasteiger partial charge in [-0.2, -0.15) is 0 Å². The van der Waals surface area contributed by atoms with E-state index in [1.807, 2.05) is 0 Å². The summed E-state index contributed by atoms with van der Waals surface area (Å²) in [6.45, 7) is 0. The summed E-state index contributed by atoms with van der Waals surface area (Å²) >= 11 is 12.0. The van der Waals surface area contributed by atoms with Crippen molar-refractivity contribution in [2.45, 2.75) is 4.90 Å².